The van der Waals surface area contributed by atoms with Crippen molar-refractivity contribution in [2.75, 3.05) is 18.4 Å². The topological polar surface area (TPSA) is 49.4 Å². The van der Waals surface area contributed by atoms with E-state index >= 15 is 0 Å². The van der Waals surface area contributed by atoms with E-state index < -0.39 is 0 Å². The number of halogens is 1. The summed E-state index contributed by atoms with van der Waals surface area (Å²) in [4.78, 5) is 25.8. The highest BCUT2D eigenvalue weighted by molar-refractivity contribution is 6.30. The second-order valence-corrected chi connectivity index (χ2v) is 7.21. The number of rotatable bonds is 5. The molecule has 3 rings (SSSR count). The number of benzene rings is 2. The smallest absolute Gasteiger partial charge is 0.247 e. The molecule has 1 aliphatic heterocycles. The fraction of sp³-hybridized carbons (Fsp3) is 0.273. The van der Waals surface area contributed by atoms with Gasteiger partial charge in [0.05, 0.1) is 6.42 Å². The van der Waals surface area contributed by atoms with Crippen LogP contribution in [0.4, 0.5) is 5.69 Å². The first-order valence-electron chi connectivity index (χ1n) is 9.11. The molecule has 1 N–H and O–H groups in total. The van der Waals surface area contributed by atoms with Gasteiger partial charge in [-0.1, -0.05) is 42.4 Å². The Morgan fingerprint density at radius 1 is 1.07 bits per heavy atom. The molecule has 0 radical (unpaired) electrons. The van der Waals surface area contributed by atoms with Gasteiger partial charge in [-0.3, -0.25) is 9.59 Å². The SMILES string of the molecule is C=CC(=O)Nc1ccc(CC(=O)N2CCC(c3ccc(Cl)cc3)CC2)cc1. The van der Waals surface area contributed by atoms with Gasteiger partial charge in [0.25, 0.3) is 0 Å². The van der Waals surface area contributed by atoms with Crippen LogP contribution in [0.25, 0.3) is 0 Å². The van der Waals surface area contributed by atoms with Gasteiger partial charge < -0.3 is 10.2 Å². The van der Waals surface area contributed by atoms with Crippen molar-refractivity contribution in [1.29, 1.82) is 0 Å². The van der Waals surface area contributed by atoms with Gasteiger partial charge in [-0.25, -0.2) is 0 Å². The van der Waals surface area contributed by atoms with Crippen molar-refractivity contribution in [1.82, 2.24) is 4.90 Å². The van der Waals surface area contributed by atoms with Crippen molar-refractivity contribution in [2.24, 2.45) is 0 Å². The number of anilines is 1. The van der Waals surface area contributed by atoms with Gasteiger partial charge >= 0.3 is 0 Å². The summed E-state index contributed by atoms with van der Waals surface area (Å²) >= 11 is 5.96. The molecular formula is C22H23ClN2O2. The summed E-state index contributed by atoms with van der Waals surface area (Å²) in [6.45, 7) is 4.98. The summed E-state index contributed by atoms with van der Waals surface area (Å²) in [6.07, 6.45) is 3.55. The highest BCUT2D eigenvalue weighted by atomic mass is 35.5. The molecule has 0 saturated carbocycles. The Balaban J connectivity index is 1.51. The summed E-state index contributed by atoms with van der Waals surface area (Å²) < 4.78 is 0. The molecule has 27 heavy (non-hydrogen) atoms. The van der Waals surface area contributed by atoms with Crippen LogP contribution in [0.3, 0.4) is 0 Å². The van der Waals surface area contributed by atoms with Gasteiger partial charge in [0.1, 0.15) is 0 Å². The minimum Gasteiger partial charge on any atom is -0.342 e. The van der Waals surface area contributed by atoms with Crippen molar-refractivity contribution in [3.63, 3.8) is 0 Å². The first-order valence-corrected chi connectivity index (χ1v) is 9.48. The summed E-state index contributed by atoms with van der Waals surface area (Å²) in [7, 11) is 0. The molecule has 2 aromatic carbocycles. The van der Waals surface area contributed by atoms with Crippen LogP contribution in [0.1, 0.15) is 29.9 Å². The zero-order valence-electron chi connectivity index (χ0n) is 15.2. The highest BCUT2D eigenvalue weighted by Gasteiger charge is 2.23. The van der Waals surface area contributed by atoms with Crippen LogP contribution < -0.4 is 5.32 Å². The molecule has 0 bridgehead atoms. The molecule has 0 unspecified atom stereocenters. The average Bonchev–Trinajstić information content (AvgIpc) is 2.70. The van der Waals surface area contributed by atoms with Gasteiger partial charge in [-0.2, -0.15) is 0 Å². The molecule has 140 valence electrons. The maximum Gasteiger partial charge on any atom is 0.247 e. The zero-order chi connectivity index (χ0) is 19.2. The van der Waals surface area contributed by atoms with Crippen LogP contribution in [0.2, 0.25) is 5.02 Å². The molecule has 4 nitrogen and oxygen atoms in total. The van der Waals surface area contributed by atoms with E-state index in [-0.39, 0.29) is 11.8 Å². The van der Waals surface area contributed by atoms with E-state index in [2.05, 4.69) is 24.0 Å². The number of piperidine rings is 1. The normalized spacial score (nSPS) is 14.6. The lowest BCUT2D eigenvalue weighted by atomic mass is 9.89. The first-order chi connectivity index (χ1) is 13.0. The predicted octanol–water partition coefficient (Wildman–Crippen LogP) is 4.41. The van der Waals surface area contributed by atoms with Gasteiger partial charge in [0.15, 0.2) is 0 Å². The van der Waals surface area contributed by atoms with Crippen molar-refractivity contribution in [3.05, 3.63) is 77.3 Å². The van der Waals surface area contributed by atoms with E-state index in [0.717, 1.165) is 36.5 Å². The molecule has 1 saturated heterocycles. The number of carbonyl (C=O) groups excluding carboxylic acids is 2. The second kappa shape index (κ2) is 8.87. The minimum absolute atomic E-state index is 0.146. The number of nitrogens with zero attached hydrogens (tertiary/aromatic N) is 1. The van der Waals surface area contributed by atoms with E-state index in [1.165, 1.54) is 11.6 Å². The predicted molar refractivity (Wildman–Crippen MR) is 109 cm³/mol. The maximum atomic E-state index is 12.6. The van der Waals surface area contributed by atoms with E-state index in [4.69, 9.17) is 11.6 Å². The molecule has 2 amide bonds. The van der Waals surface area contributed by atoms with Crippen molar-refractivity contribution in [3.8, 4) is 0 Å². The summed E-state index contributed by atoms with van der Waals surface area (Å²) in [5.74, 6) is 0.383. The van der Waals surface area contributed by atoms with E-state index in [1.807, 2.05) is 29.2 Å². The lowest BCUT2D eigenvalue weighted by molar-refractivity contribution is -0.131. The zero-order valence-corrected chi connectivity index (χ0v) is 15.9. The van der Waals surface area contributed by atoms with E-state index in [9.17, 15) is 9.59 Å². The van der Waals surface area contributed by atoms with Crippen molar-refractivity contribution in [2.45, 2.75) is 25.2 Å². The van der Waals surface area contributed by atoms with Gasteiger partial charge in [0, 0.05) is 23.8 Å². The van der Waals surface area contributed by atoms with Crippen LogP contribution >= 0.6 is 11.6 Å². The molecular weight excluding hydrogens is 360 g/mol. The molecule has 1 fully saturated rings. The van der Waals surface area contributed by atoms with E-state index in [0.29, 0.717) is 18.0 Å². The Morgan fingerprint density at radius 2 is 1.70 bits per heavy atom. The molecule has 1 heterocycles. The Labute approximate surface area is 164 Å². The number of nitrogens with one attached hydrogen (secondary N) is 1. The highest BCUT2D eigenvalue weighted by Crippen LogP contribution is 2.29. The van der Waals surface area contributed by atoms with Crippen LogP contribution in [0.15, 0.2) is 61.2 Å². The third-order valence-corrected chi connectivity index (χ3v) is 5.20. The summed E-state index contributed by atoms with van der Waals surface area (Å²) in [5, 5.41) is 3.45. The summed E-state index contributed by atoms with van der Waals surface area (Å²) in [5.41, 5.74) is 2.93. The molecule has 0 spiro atoms. The molecule has 5 heteroatoms. The fourth-order valence-corrected chi connectivity index (χ4v) is 3.51. The monoisotopic (exact) mass is 382 g/mol. The van der Waals surface area contributed by atoms with Gasteiger partial charge in [-0.05, 0) is 60.2 Å². The number of hydrogen-bond acceptors (Lipinski definition) is 2. The standard InChI is InChI=1S/C22H23ClN2O2/c1-2-21(26)24-20-9-3-16(4-10-20)15-22(27)25-13-11-18(12-14-25)17-5-7-19(23)8-6-17/h2-10,18H,1,11-15H2,(H,24,26). The summed E-state index contributed by atoms with van der Waals surface area (Å²) in [6, 6.07) is 15.4. The molecule has 0 atom stereocenters. The molecule has 0 aromatic heterocycles. The van der Waals surface area contributed by atoms with Crippen molar-refractivity contribution >= 4 is 29.1 Å². The number of carbonyl (C=O) groups is 2. The Hall–Kier alpha value is -2.59. The molecule has 2 aromatic rings. The maximum absolute atomic E-state index is 12.6. The Kier molecular flexibility index (Phi) is 6.30. The van der Waals surface area contributed by atoms with Gasteiger partial charge in [0.2, 0.25) is 11.8 Å². The second-order valence-electron chi connectivity index (χ2n) is 6.77. The third-order valence-electron chi connectivity index (χ3n) is 4.95. The first kappa shape index (κ1) is 19.2. The molecule has 0 aliphatic carbocycles. The largest absolute Gasteiger partial charge is 0.342 e. The molecule has 1 aliphatic rings. The number of hydrogen-bond donors (Lipinski definition) is 1. The average molecular weight is 383 g/mol. The lowest BCUT2D eigenvalue weighted by Crippen LogP contribution is -2.38. The van der Waals surface area contributed by atoms with Crippen LogP contribution in [0, 0.1) is 0 Å². The van der Waals surface area contributed by atoms with Crippen molar-refractivity contribution < 1.29 is 9.59 Å². The van der Waals surface area contributed by atoms with Gasteiger partial charge in [-0.15, -0.1) is 0 Å². The van der Waals surface area contributed by atoms with Crippen LogP contribution in [-0.4, -0.2) is 29.8 Å². The minimum atomic E-state index is -0.248. The Bertz CT molecular complexity index is 807. The van der Waals surface area contributed by atoms with Crippen LogP contribution in [-0.2, 0) is 16.0 Å². The lowest BCUT2D eigenvalue weighted by Gasteiger charge is -2.32. The van der Waals surface area contributed by atoms with E-state index in [1.54, 1.807) is 12.1 Å². The van der Waals surface area contributed by atoms with Crippen LogP contribution in [0.5, 0.6) is 0 Å². The number of likely N-dealkylation sites (tertiary alicyclic amines) is 1. The quantitative estimate of drug-likeness (QED) is 0.778. The number of amides is 2. The fourth-order valence-electron chi connectivity index (χ4n) is 3.38. The Morgan fingerprint density at radius 3 is 2.30 bits per heavy atom. The third kappa shape index (κ3) is 5.20.